The highest BCUT2D eigenvalue weighted by molar-refractivity contribution is 5.37. The summed E-state index contributed by atoms with van der Waals surface area (Å²) < 4.78 is 5.40. The quantitative estimate of drug-likeness (QED) is 0.820. The molecule has 0 radical (unpaired) electrons. The molecular formula is C14H20N2O. The maximum Gasteiger partial charge on any atom is 0.174 e. The second kappa shape index (κ2) is 6.93. The van der Waals surface area contributed by atoms with Gasteiger partial charge in [0.15, 0.2) is 6.61 Å². The third-order valence-corrected chi connectivity index (χ3v) is 2.38. The minimum absolute atomic E-state index is 0.0975. The van der Waals surface area contributed by atoms with E-state index in [2.05, 4.69) is 32.2 Å². The van der Waals surface area contributed by atoms with E-state index >= 15 is 0 Å². The summed E-state index contributed by atoms with van der Waals surface area (Å²) in [6.45, 7) is 8.26. The SMILES string of the molecule is Cc1ccc(OCC#N)c(CNCC(C)C)c1. The Morgan fingerprint density at radius 3 is 2.82 bits per heavy atom. The van der Waals surface area contributed by atoms with Crippen molar-refractivity contribution in [3.63, 3.8) is 0 Å². The molecule has 0 aliphatic heterocycles. The van der Waals surface area contributed by atoms with Gasteiger partial charge in [0.25, 0.3) is 0 Å². The molecule has 0 aromatic heterocycles. The highest BCUT2D eigenvalue weighted by Crippen LogP contribution is 2.19. The number of rotatable bonds is 6. The topological polar surface area (TPSA) is 45.0 Å². The number of benzene rings is 1. The van der Waals surface area contributed by atoms with Gasteiger partial charge >= 0.3 is 0 Å². The van der Waals surface area contributed by atoms with Gasteiger partial charge in [-0.1, -0.05) is 31.5 Å². The zero-order valence-electron chi connectivity index (χ0n) is 10.8. The van der Waals surface area contributed by atoms with Crippen molar-refractivity contribution in [2.24, 2.45) is 5.92 Å². The van der Waals surface area contributed by atoms with E-state index in [1.54, 1.807) is 0 Å². The maximum absolute atomic E-state index is 8.53. The molecule has 0 aliphatic rings. The fraction of sp³-hybridized carbons (Fsp3) is 0.500. The number of nitriles is 1. The van der Waals surface area contributed by atoms with E-state index in [0.717, 1.165) is 24.4 Å². The number of nitrogens with zero attached hydrogens (tertiary/aromatic N) is 1. The van der Waals surface area contributed by atoms with Gasteiger partial charge in [-0.05, 0) is 25.5 Å². The Hall–Kier alpha value is -1.53. The average Bonchev–Trinajstić information content (AvgIpc) is 2.27. The molecule has 1 aromatic carbocycles. The molecule has 0 aliphatic carbocycles. The van der Waals surface area contributed by atoms with Crippen LogP contribution in [0.25, 0.3) is 0 Å². The lowest BCUT2D eigenvalue weighted by Crippen LogP contribution is -2.19. The van der Waals surface area contributed by atoms with Crippen LogP contribution in [-0.4, -0.2) is 13.2 Å². The lowest BCUT2D eigenvalue weighted by molar-refractivity contribution is 0.362. The Labute approximate surface area is 103 Å². The fourth-order valence-corrected chi connectivity index (χ4v) is 1.59. The Morgan fingerprint density at radius 1 is 1.41 bits per heavy atom. The first-order valence-electron chi connectivity index (χ1n) is 5.93. The monoisotopic (exact) mass is 232 g/mol. The standard InChI is InChI=1S/C14H20N2O/c1-11(2)9-16-10-13-8-12(3)4-5-14(13)17-7-6-15/h4-5,8,11,16H,7,9-10H2,1-3H3. The summed E-state index contributed by atoms with van der Waals surface area (Å²) in [6, 6.07) is 8.02. The molecular weight excluding hydrogens is 212 g/mol. The van der Waals surface area contributed by atoms with Gasteiger partial charge in [-0.3, -0.25) is 0 Å². The Morgan fingerprint density at radius 2 is 2.18 bits per heavy atom. The Kier molecular flexibility index (Phi) is 5.51. The van der Waals surface area contributed by atoms with Crippen LogP contribution >= 0.6 is 0 Å². The maximum atomic E-state index is 8.53. The van der Waals surface area contributed by atoms with Crippen molar-refractivity contribution in [2.45, 2.75) is 27.3 Å². The van der Waals surface area contributed by atoms with Crippen LogP contribution in [0.5, 0.6) is 5.75 Å². The summed E-state index contributed by atoms with van der Waals surface area (Å²) in [6.07, 6.45) is 0. The first-order valence-corrected chi connectivity index (χ1v) is 5.93. The minimum atomic E-state index is 0.0975. The van der Waals surface area contributed by atoms with Gasteiger partial charge < -0.3 is 10.1 Å². The molecule has 3 heteroatoms. The molecule has 0 amide bonds. The van der Waals surface area contributed by atoms with Crippen molar-refractivity contribution in [3.05, 3.63) is 29.3 Å². The summed E-state index contributed by atoms with van der Waals surface area (Å²) in [5.41, 5.74) is 2.32. The summed E-state index contributed by atoms with van der Waals surface area (Å²) >= 11 is 0. The summed E-state index contributed by atoms with van der Waals surface area (Å²) in [7, 11) is 0. The predicted molar refractivity (Wildman–Crippen MR) is 68.8 cm³/mol. The Bertz CT molecular complexity index is 394. The Balaban J connectivity index is 2.66. The zero-order chi connectivity index (χ0) is 12.7. The predicted octanol–water partition coefficient (Wildman–Crippen LogP) is 2.64. The third kappa shape index (κ3) is 4.88. The molecule has 17 heavy (non-hydrogen) atoms. The number of hydrogen-bond donors (Lipinski definition) is 1. The van der Waals surface area contributed by atoms with E-state index in [1.807, 2.05) is 18.2 Å². The van der Waals surface area contributed by atoms with E-state index in [1.165, 1.54) is 5.56 Å². The highest BCUT2D eigenvalue weighted by Gasteiger charge is 2.04. The number of hydrogen-bond acceptors (Lipinski definition) is 3. The van der Waals surface area contributed by atoms with Gasteiger partial charge in [-0.25, -0.2) is 0 Å². The molecule has 0 saturated carbocycles. The first-order chi connectivity index (χ1) is 8.13. The molecule has 3 nitrogen and oxygen atoms in total. The van der Waals surface area contributed by atoms with Crippen LogP contribution in [0, 0.1) is 24.2 Å². The first kappa shape index (κ1) is 13.5. The normalized spacial score (nSPS) is 10.3. The zero-order valence-corrected chi connectivity index (χ0v) is 10.8. The van der Waals surface area contributed by atoms with Crippen molar-refractivity contribution in [3.8, 4) is 11.8 Å². The average molecular weight is 232 g/mol. The van der Waals surface area contributed by atoms with Crippen LogP contribution in [0.2, 0.25) is 0 Å². The smallest absolute Gasteiger partial charge is 0.174 e. The molecule has 0 atom stereocenters. The van der Waals surface area contributed by atoms with Crippen LogP contribution in [0.1, 0.15) is 25.0 Å². The lowest BCUT2D eigenvalue weighted by Gasteiger charge is -2.12. The van der Waals surface area contributed by atoms with Crippen molar-refractivity contribution in [1.29, 1.82) is 5.26 Å². The minimum Gasteiger partial charge on any atom is -0.478 e. The summed E-state index contributed by atoms with van der Waals surface area (Å²) in [5.74, 6) is 1.43. The molecule has 0 bridgehead atoms. The number of ether oxygens (including phenoxy) is 1. The van der Waals surface area contributed by atoms with Crippen molar-refractivity contribution in [2.75, 3.05) is 13.2 Å². The van der Waals surface area contributed by atoms with Gasteiger partial charge in [0.05, 0.1) is 0 Å². The molecule has 92 valence electrons. The molecule has 1 N–H and O–H groups in total. The van der Waals surface area contributed by atoms with Crippen molar-refractivity contribution < 1.29 is 4.74 Å². The summed E-state index contributed by atoms with van der Waals surface area (Å²) in [5, 5.41) is 11.9. The van der Waals surface area contributed by atoms with Crippen LogP contribution in [0.15, 0.2) is 18.2 Å². The second-order valence-corrected chi connectivity index (χ2v) is 4.58. The van der Waals surface area contributed by atoms with Gasteiger partial charge in [0, 0.05) is 12.1 Å². The summed E-state index contributed by atoms with van der Waals surface area (Å²) in [4.78, 5) is 0. The van der Waals surface area contributed by atoms with Crippen molar-refractivity contribution in [1.82, 2.24) is 5.32 Å². The van der Waals surface area contributed by atoms with Crippen LogP contribution in [0.4, 0.5) is 0 Å². The molecule has 0 heterocycles. The number of aryl methyl sites for hydroxylation is 1. The van der Waals surface area contributed by atoms with E-state index < -0.39 is 0 Å². The van der Waals surface area contributed by atoms with E-state index in [4.69, 9.17) is 10.00 Å². The van der Waals surface area contributed by atoms with Crippen LogP contribution in [0.3, 0.4) is 0 Å². The molecule has 0 spiro atoms. The van der Waals surface area contributed by atoms with Gasteiger partial charge in [-0.2, -0.15) is 5.26 Å². The fourth-order valence-electron chi connectivity index (χ4n) is 1.59. The van der Waals surface area contributed by atoms with Crippen molar-refractivity contribution >= 4 is 0 Å². The molecule has 0 saturated heterocycles. The van der Waals surface area contributed by atoms with Gasteiger partial charge in [0.2, 0.25) is 0 Å². The molecule has 0 fully saturated rings. The third-order valence-electron chi connectivity index (χ3n) is 2.38. The van der Waals surface area contributed by atoms with Crippen LogP contribution < -0.4 is 10.1 Å². The van der Waals surface area contributed by atoms with Gasteiger partial charge in [0.1, 0.15) is 11.8 Å². The van der Waals surface area contributed by atoms with E-state index in [-0.39, 0.29) is 6.61 Å². The molecule has 1 rings (SSSR count). The lowest BCUT2D eigenvalue weighted by atomic mass is 10.1. The van der Waals surface area contributed by atoms with Gasteiger partial charge in [-0.15, -0.1) is 0 Å². The van der Waals surface area contributed by atoms with Crippen LogP contribution in [-0.2, 0) is 6.54 Å². The largest absolute Gasteiger partial charge is 0.478 e. The highest BCUT2D eigenvalue weighted by atomic mass is 16.5. The number of nitrogens with one attached hydrogen (secondary N) is 1. The van der Waals surface area contributed by atoms with E-state index in [9.17, 15) is 0 Å². The van der Waals surface area contributed by atoms with E-state index in [0.29, 0.717) is 5.92 Å². The molecule has 0 unspecified atom stereocenters. The molecule has 1 aromatic rings. The second-order valence-electron chi connectivity index (χ2n) is 4.58.